The van der Waals surface area contributed by atoms with Gasteiger partial charge in [0.1, 0.15) is 17.4 Å². The monoisotopic (exact) mass is 425 g/mol. The van der Waals surface area contributed by atoms with E-state index in [1.54, 1.807) is 0 Å². The molecule has 8 heteroatoms. The summed E-state index contributed by atoms with van der Waals surface area (Å²) in [5, 5.41) is 9.50. The van der Waals surface area contributed by atoms with Crippen molar-refractivity contribution in [2.45, 2.75) is 70.9 Å². The summed E-state index contributed by atoms with van der Waals surface area (Å²) in [5.74, 6) is 1.99. The van der Waals surface area contributed by atoms with Gasteiger partial charge in [0.05, 0.1) is 12.1 Å². The lowest BCUT2D eigenvalue weighted by Gasteiger charge is -2.39. The number of amidine groups is 1. The molecule has 4 rings (SSSR count). The number of fused-ring (bicyclic) bond motifs is 1. The van der Waals surface area contributed by atoms with Crippen LogP contribution in [-0.2, 0) is 4.79 Å². The highest BCUT2D eigenvalue weighted by atomic mass is 16.2. The van der Waals surface area contributed by atoms with Crippen molar-refractivity contribution in [3.63, 3.8) is 0 Å². The first kappa shape index (κ1) is 21.7. The Kier molecular flexibility index (Phi) is 6.85. The average molecular weight is 426 g/mol. The molecule has 2 saturated heterocycles. The molecule has 4 aliphatic rings. The molecule has 0 saturated carbocycles. The van der Waals surface area contributed by atoms with E-state index in [1.165, 1.54) is 24.6 Å². The summed E-state index contributed by atoms with van der Waals surface area (Å²) >= 11 is 0. The summed E-state index contributed by atoms with van der Waals surface area (Å²) in [5.41, 5.74) is 5.24. The van der Waals surface area contributed by atoms with Crippen LogP contribution in [0.5, 0.6) is 0 Å². The van der Waals surface area contributed by atoms with Gasteiger partial charge < -0.3 is 15.2 Å². The lowest BCUT2D eigenvalue weighted by Crippen LogP contribution is -2.55. The molecule has 0 spiro atoms. The molecule has 0 radical (unpaired) electrons. The number of carbonyl (C=O) groups excluding carboxylic acids is 1. The molecule has 2 unspecified atom stereocenters. The first-order chi connectivity index (χ1) is 15.1. The molecular weight excluding hydrogens is 390 g/mol. The summed E-state index contributed by atoms with van der Waals surface area (Å²) in [6.45, 7) is 7.69. The van der Waals surface area contributed by atoms with Crippen LogP contribution in [0.1, 0.15) is 58.8 Å². The predicted octanol–water partition coefficient (Wildman–Crippen LogP) is 2.70. The number of hydrogen-bond donors (Lipinski definition) is 2. The van der Waals surface area contributed by atoms with Gasteiger partial charge in [0.25, 0.3) is 5.91 Å². The van der Waals surface area contributed by atoms with Crippen molar-refractivity contribution in [1.29, 1.82) is 5.41 Å². The normalized spacial score (nSPS) is 26.5. The van der Waals surface area contributed by atoms with E-state index in [1.807, 2.05) is 9.91 Å². The second kappa shape index (κ2) is 9.77. The van der Waals surface area contributed by atoms with E-state index in [4.69, 9.17) is 10.4 Å². The van der Waals surface area contributed by atoms with Crippen LogP contribution in [0.2, 0.25) is 0 Å². The van der Waals surface area contributed by atoms with Gasteiger partial charge in [-0.3, -0.25) is 14.8 Å². The summed E-state index contributed by atoms with van der Waals surface area (Å²) < 4.78 is 0. The van der Waals surface area contributed by atoms with E-state index < -0.39 is 0 Å². The van der Waals surface area contributed by atoms with E-state index in [-0.39, 0.29) is 18.0 Å². The molecule has 4 aliphatic heterocycles. The Morgan fingerprint density at radius 3 is 2.81 bits per heavy atom. The van der Waals surface area contributed by atoms with Crippen LogP contribution >= 0.6 is 0 Å². The SMILES string of the molecule is CCCN=C(CC=N)C(=O)N1CCCCC1C1C=C2N=C(N3CCCC3)C(C)=CN2N1. The van der Waals surface area contributed by atoms with Crippen LogP contribution < -0.4 is 5.43 Å². The molecule has 2 N–H and O–H groups in total. The first-order valence-electron chi connectivity index (χ1n) is 11.7. The highest BCUT2D eigenvalue weighted by molar-refractivity contribution is 6.41. The first-order valence-corrected chi connectivity index (χ1v) is 11.7. The van der Waals surface area contributed by atoms with Gasteiger partial charge >= 0.3 is 0 Å². The topological polar surface area (TPSA) is 87.4 Å². The van der Waals surface area contributed by atoms with Crippen LogP contribution in [0.15, 0.2) is 33.7 Å². The van der Waals surface area contributed by atoms with Gasteiger partial charge in [-0.05, 0) is 51.5 Å². The quantitative estimate of drug-likeness (QED) is 0.641. The van der Waals surface area contributed by atoms with E-state index in [2.05, 4.69) is 41.4 Å². The number of nitrogens with zero attached hydrogens (tertiary/aromatic N) is 5. The van der Waals surface area contributed by atoms with E-state index in [0.717, 1.165) is 57.0 Å². The molecule has 2 fully saturated rings. The molecule has 0 aromatic carbocycles. The van der Waals surface area contributed by atoms with Gasteiger partial charge in [-0.1, -0.05) is 6.92 Å². The average Bonchev–Trinajstić information content (AvgIpc) is 3.45. The number of hydrogen-bond acceptors (Lipinski definition) is 7. The molecule has 31 heavy (non-hydrogen) atoms. The van der Waals surface area contributed by atoms with Crippen molar-refractivity contribution in [1.82, 2.24) is 20.2 Å². The molecule has 1 amide bonds. The van der Waals surface area contributed by atoms with Crippen molar-refractivity contribution in [3.8, 4) is 0 Å². The summed E-state index contributed by atoms with van der Waals surface area (Å²) in [4.78, 5) is 27.2. The van der Waals surface area contributed by atoms with Crippen LogP contribution in [0.25, 0.3) is 0 Å². The van der Waals surface area contributed by atoms with Crippen LogP contribution in [-0.4, -0.2) is 76.7 Å². The van der Waals surface area contributed by atoms with Crippen LogP contribution in [0, 0.1) is 5.41 Å². The molecule has 0 aromatic rings. The minimum Gasteiger partial charge on any atom is -0.356 e. The lowest BCUT2D eigenvalue weighted by molar-refractivity contribution is -0.128. The smallest absolute Gasteiger partial charge is 0.268 e. The van der Waals surface area contributed by atoms with Gasteiger partial charge in [0.2, 0.25) is 0 Å². The minimum absolute atomic E-state index is 0.0142. The lowest BCUT2D eigenvalue weighted by atomic mass is 9.95. The number of aliphatic imine (C=N–C) groups is 2. The fourth-order valence-electron chi connectivity index (χ4n) is 4.91. The van der Waals surface area contributed by atoms with Crippen molar-refractivity contribution in [3.05, 3.63) is 23.7 Å². The van der Waals surface area contributed by atoms with Crippen LogP contribution in [0.4, 0.5) is 0 Å². The van der Waals surface area contributed by atoms with Crippen molar-refractivity contribution < 1.29 is 4.79 Å². The predicted molar refractivity (Wildman–Crippen MR) is 124 cm³/mol. The Hall–Kier alpha value is -2.48. The number of amides is 1. The maximum atomic E-state index is 13.3. The molecule has 0 aliphatic carbocycles. The second-order valence-corrected chi connectivity index (χ2v) is 8.79. The number of hydrazine groups is 1. The molecule has 8 nitrogen and oxygen atoms in total. The van der Waals surface area contributed by atoms with E-state index in [9.17, 15) is 4.79 Å². The van der Waals surface area contributed by atoms with Crippen molar-refractivity contribution >= 4 is 23.7 Å². The molecule has 0 bridgehead atoms. The number of carbonyl (C=O) groups is 1. The van der Waals surface area contributed by atoms with E-state index >= 15 is 0 Å². The highest BCUT2D eigenvalue weighted by Crippen LogP contribution is 2.29. The standard InChI is InChI=1S/C23H35N7O/c1-3-11-25-18(9-10-24)23(31)29-14-5-4-8-20(29)19-15-21-26-22(28-12-6-7-13-28)17(2)16-30(21)27-19/h10,15-16,19-20,24,27H,3-9,11-14H2,1-2H3. The van der Waals surface area contributed by atoms with Gasteiger partial charge in [-0.15, -0.1) is 0 Å². The third-order valence-electron chi connectivity index (χ3n) is 6.46. The zero-order valence-corrected chi connectivity index (χ0v) is 18.8. The fraction of sp³-hybridized carbons (Fsp3) is 0.652. The molecular formula is C23H35N7O. The fourth-order valence-corrected chi connectivity index (χ4v) is 4.91. The van der Waals surface area contributed by atoms with Crippen molar-refractivity contribution in [2.75, 3.05) is 26.2 Å². The van der Waals surface area contributed by atoms with Gasteiger partial charge in [-0.25, -0.2) is 10.4 Å². The Bertz CT molecular complexity index is 822. The second-order valence-electron chi connectivity index (χ2n) is 8.79. The van der Waals surface area contributed by atoms with Crippen LogP contribution in [0.3, 0.4) is 0 Å². The van der Waals surface area contributed by atoms with E-state index in [0.29, 0.717) is 18.7 Å². The van der Waals surface area contributed by atoms with Gasteiger partial charge in [0, 0.05) is 50.6 Å². The zero-order chi connectivity index (χ0) is 21.8. The largest absolute Gasteiger partial charge is 0.356 e. The molecule has 4 heterocycles. The minimum atomic E-state index is -0.0142. The maximum Gasteiger partial charge on any atom is 0.268 e. The Labute approximate surface area is 185 Å². The van der Waals surface area contributed by atoms with Gasteiger partial charge in [-0.2, -0.15) is 0 Å². The number of rotatable bonds is 6. The number of nitrogens with one attached hydrogen (secondary N) is 2. The number of likely N-dealkylation sites (tertiary alicyclic amines) is 2. The summed E-state index contributed by atoms with van der Waals surface area (Å²) in [6.07, 6.45) is 12.3. The third-order valence-corrected chi connectivity index (χ3v) is 6.46. The molecule has 168 valence electrons. The highest BCUT2D eigenvalue weighted by Gasteiger charge is 2.38. The summed E-state index contributed by atoms with van der Waals surface area (Å²) in [7, 11) is 0. The zero-order valence-electron chi connectivity index (χ0n) is 18.8. The van der Waals surface area contributed by atoms with Gasteiger partial charge in [0.15, 0.2) is 0 Å². The maximum absolute atomic E-state index is 13.3. The van der Waals surface area contributed by atoms with Crippen molar-refractivity contribution in [2.24, 2.45) is 9.98 Å². The Morgan fingerprint density at radius 1 is 1.29 bits per heavy atom. The number of piperidine rings is 1. The summed E-state index contributed by atoms with van der Waals surface area (Å²) in [6, 6.07) is 0.0911. The Balaban J connectivity index is 1.54. The molecule has 0 aromatic heterocycles. The Morgan fingerprint density at radius 2 is 2.06 bits per heavy atom. The third kappa shape index (κ3) is 4.59. The molecule has 2 atom stereocenters.